The highest BCUT2D eigenvalue weighted by atomic mass is 16.5. The Morgan fingerprint density at radius 2 is 2.05 bits per heavy atom. The Hall–Kier alpha value is -1.30. The van der Waals surface area contributed by atoms with Crippen LogP contribution in [0.4, 0.5) is 4.79 Å². The molecule has 2 N–H and O–H groups in total. The number of carbonyl (C=O) groups excluding carboxylic acids is 1. The average Bonchev–Trinajstić information content (AvgIpc) is 3.20. The second-order valence-electron chi connectivity index (χ2n) is 6.02. The summed E-state index contributed by atoms with van der Waals surface area (Å²) in [5.41, 5.74) is 0. The first-order valence-corrected chi connectivity index (χ1v) is 7.35. The highest BCUT2D eigenvalue weighted by Gasteiger charge is 2.32. The molecule has 2 fully saturated rings. The number of alkyl carbamates (subject to hydrolysis) is 1. The van der Waals surface area contributed by atoms with E-state index in [-0.39, 0.29) is 12.5 Å². The first kappa shape index (κ1) is 15.1. The monoisotopic (exact) mass is 284 g/mol. The summed E-state index contributed by atoms with van der Waals surface area (Å²) in [5, 5.41) is 11.7. The maximum Gasteiger partial charge on any atom is 0.407 e. The standard InChI is InChI=1S/C14H24N2O4/c1-20-14(19)15-12-7-11(6-10-2-3-10)8-16(9-12)5-4-13(17)18/h10-12H,2-9H2,1H3,(H,15,19)(H,17,18). The van der Waals surface area contributed by atoms with Gasteiger partial charge in [0.2, 0.25) is 0 Å². The van der Waals surface area contributed by atoms with E-state index in [1.165, 1.54) is 26.4 Å². The molecule has 2 unspecified atom stereocenters. The maximum absolute atomic E-state index is 11.3. The number of nitrogens with zero attached hydrogens (tertiary/aromatic N) is 1. The molecule has 1 aliphatic carbocycles. The minimum atomic E-state index is -0.771. The van der Waals surface area contributed by atoms with Gasteiger partial charge in [0.05, 0.1) is 13.5 Å². The van der Waals surface area contributed by atoms with Gasteiger partial charge in [0.25, 0.3) is 0 Å². The molecule has 0 radical (unpaired) electrons. The van der Waals surface area contributed by atoms with Crippen LogP contribution in [0.2, 0.25) is 0 Å². The van der Waals surface area contributed by atoms with Gasteiger partial charge in [-0.15, -0.1) is 0 Å². The van der Waals surface area contributed by atoms with Crippen LogP contribution in [0.5, 0.6) is 0 Å². The summed E-state index contributed by atoms with van der Waals surface area (Å²) < 4.78 is 4.65. The molecule has 6 nitrogen and oxygen atoms in total. The number of methoxy groups -OCH3 is 1. The van der Waals surface area contributed by atoms with Crippen molar-refractivity contribution < 1.29 is 19.4 Å². The topological polar surface area (TPSA) is 78.9 Å². The summed E-state index contributed by atoms with van der Waals surface area (Å²) in [5.74, 6) is 0.622. The van der Waals surface area contributed by atoms with Crippen molar-refractivity contribution in [2.75, 3.05) is 26.7 Å². The Morgan fingerprint density at radius 3 is 2.65 bits per heavy atom. The third-order valence-corrected chi connectivity index (χ3v) is 4.13. The molecular weight excluding hydrogens is 260 g/mol. The Labute approximate surface area is 119 Å². The van der Waals surface area contributed by atoms with Gasteiger partial charge >= 0.3 is 12.1 Å². The zero-order chi connectivity index (χ0) is 14.5. The molecule has 6 heteroatoms. The number of nitrogens with one attached hydrogen (secondary N) is 1. The molecule has 0 bridgehead atoms. The molecule has 1 saturated carbocycles. The quantitative estimate of drug-likeness (QED) is 0.769. The van der Waals surface area contributed by atoms with Crippen LogP contribution < -0.4 is 5.32 Å². The summed E-state index contributed by atoms with van der Waals surface area (Å²) in [6, 6.07) is 0.0637. The minimum Gasteiger partial charge on any atom is -0.481 e. The van der Waals surface area contributed by atoms with Crippen LogP contribution in [0, 0.1) is 11.8 Å². The molecule has 20 heavy (non-hydrogen) atoms. The lowest BCUT2D eigenvalue weighted by Crippen LogP contribution is -2.51. The molecule has 114 valence electrons. The van der Waals surface area contributed by atoms with E-state index < -0.39 is 12.1 Å². The summed E-state index contributed by atoms with van der Waals surface area (Å²) in [4.78, 5) is 24.2. The molecule has 1 aliphatic heterocycles. The van der Waals surface area contributed by atoms with Crippen LogP contribution in [0.1, 0.15) is 32.1 Å². The molecule has 1 heterocycles. The van der Waals surface area contributed by atoms with Crippen molar-refractivity contribution in [3.63, 3.8) is 0 Å². The fourth-order valence-corrected chi connectivity index (χ4v) is 3.07. The van der Waals surface area contributed by atoms with Crippen molar-refractivity contribution in [3.8, 4) is 0 Å². The predicted octanol–water partition coefficient (Wildman–Crippen LogP) is 1.31. The number of carboxylic acids is 1. The third-order valence-electron chi connectivity index (χ3n) is 4.13. The van der Waals surface area contributed by atoms with E-state index in [1.54, 1.807) is 0 Å². The van der Waals surface area contributed by atoms with Gasteiger partial charge in [0.15, 0.2) is 0 Å². The molecule has 1 amide bonds. The summed E-state index contributed by atoms with van der Waals surface area (Å²) >= 11 is 0. The van der Waals surface area contributed by atoms with Crippen LogP contribution >= 0.6 is 0 Å². The van der Waals surface area contributed by atoms with Gasteiger partial charge in [-0.05, 0) is 24.7 Å². The number of carboxylic acid groups (broad SMARTS) is 1. The first-order chi connectivity index (χ1) is 9.56. The van der Waals surface area contributed by atoms with Crippen LogP contribution in [-0.2, 0) is 9.53 Å². The second-order valence-corrected chi connectivity index (χ2v) is 6.02. The van der Waals surface area contributed by atoms with Crippen molar-refractivity contribution in [1.82, 2.24) is 10.2 Å². The van der Waals surface area contributed by atoms with Gasteiger partial charge in [-0.2, -0.15) is 0 Å². The highest BCUT2D eigenvalue weighted by molar-refractivity contribution is 5.67. The highest BCUT2D eigenvalue weighted by Crippen LogP contribution is 2.37. The van der Waals surface area contributed by atoms with Gasteiger partial charge in [0.1, 0.15) is 0 Å². The number of likely N-dealkylation sites (tertiary alicyclic amines) is 1. The van der Waals surface area contributed by atoms with E-state index >= 15 is 0 Å². The van der Waals surface area contributed by atoms with Crippen molar-refractivity contribution in [1.29, 1.82) is 0 Å². The molecule has 0 spiro atoms. The lowest BCUT2D eigenvalue weighted by atomic mass is 9.89. The largest absolute Gasteiger partial charge is 0.481 e. The van der Waals surface area contributed by atoms with Crippen molar-refractivity contribution >= 4 is 12.1 Å². The second kappa shape index (κ2) is 6.92. The number of amides is 1. The van der Waals surface area contributed by atoms with Crippen molar-refractivity contribution in [2.45, 2.75) is 38.1 Å². The summed E-state index contributed by atoms with van der Waals surface area (Å²) in [7, 11) is 1.36. The molecule has 0 aromatic rings. The number of aliphatic carboxylic acids is 1. The number of hydrogen-bond donors (Lipinski definition) is 2. The van der Waals surface area contributed by atoms with Crippen molar-refractivity contribution in [2.24, 2.45) is 11.8 Å². The van der Waals surface area contributed by atoms with Gasteiger partial charge in [-0.25, -0.2) is 4.79 Å². The van der Waals surface area contributed by atoms with Crippen LogP contribution in [0.3, 0.4) is 0 Å². The molecule has 2 atom stereocenters. The Bertz CT molecular complexity index is 357. The number of rotatable bonds is 6. The van der Waals surface area contributed by atoms with Crippen molar-refractivity contribution in [3.05, 3.63) is 0 Å². The van der Waals surface area contributed by atoms with E-state index in [2.05, 4.69) is 15.0 Å². The lowest BCUT2D eigenvalue weighted by Gasteiger charge is -2.37. The fourth-order valence-electron chi connectivity index (χ4n) is 3.07. The molecule has 2 aliphatic rings. The van der Waals surface area contributed by atoms with E-state index in [9.17, 15) is 9.59 Å². The number of carbonyl (C=O) groups is 2. The van der Waals surface area contributed by atoms with E-state index in [0.29, 0.717) is 19.0 Å². The summed E-state index contributed by atoms with van der Waals surface area (Å²) in [6.45, 7) is 2.21. The SMILES string of the molecule is COC(=O)NC1CC(CC2CC2)CN(CCC(=O)O)C1. The molecule has 2 rings (SSSR count). The van der Waals surface area contributed by atoms with Gasteiger partial charge in [-0.3, -0.25) is 4.79 Å². The van der Waals surface area contributed by atoms with Gasteiger partial charge in [0, 0.05) is 25.7 Å². The van der Waals surface area contributed by atoms with E-state index in [0.717, 1.165) is 18.9 Å². The number of ether oxygens (including phenoxy) is 1. The number of piperidine rings is 1. The van der Waals surface area contributed by atoms with Crippen LogP contribution in [-0.4, -0.2) is 54.9 Å². The van der Waals surface area contributed by atoms with Gasteiger partial charge < -0.3 is 20.1 Å². The van der Waals surface area contributed by atoms with Crippen LogP contribution in [0.25, 0.3) is 0 Å². The molecule has 0 aromatic heterocycles. The third kappa shape index (κ3) is 5.00. The first-order valence-electron chi connectivity index (χ1n) is 7.35. The Kier molecular flexibility index (Phi) is 5.23. The van der Waals surface area contributed by atoms with Gasteiger partial charge in [-0.1, -0.05) is 12.8 Å². The normalized spacial score (nSPS) is 27.1. The smallest absolute Gasteiger partial charge is 0.407 e. The molecular formula is C14H24N2O4. The lowest BCUT2D eigenvalue weighted by molar-refractivity contribution is -0.137. The maximum atomic E-state index is 11.3. The Balaban J connectivity index is 1.86. The van der Waals surface area contributed by atoms with E-state index in [1.807, 2.05) is 0 Å². The zero-order valence-corrected chi connectivity index (χ0v) is 12.0. The minimum absolute atomic E-state index is 0.0637. The summed E-state index contributed by atoms with van der Waals surface area (Å²) in [6.07, 6.45) is 4.56. The molecule has 0 aromatic carbocycles. The number of hydrogen-bond acceptors (Lipinski definition) is 4. The molecule has 1 saturated heterocycles. The van der Waals surface area contributed by atoms with E-state index in [4.69, 9.17) is 5.11 Å². The fraction of sp³-hybridized carbons (Fsp3) is 0.857. The van der Waals surface area contributed by atoms with Crippen LogP contribution in [0.15, 0.2) is 0 Å². The predicted molar refractivity (Wildman–Crippen MR) is 73.5 cm³/mol. The Morgan fingerprint density at radius 1 is 1.30 bits per heavy atom. The zero-order valence-electron chi connectivity index (χ0n) is 12.0. The average molecular weight is 284 g/mol.